The van der Waals surface area contributed by atoms with Gasteiger partial charge in [-0.2, -0.15) is 0 Å². The quantitative estimate of drug-likeness (QED) is 0.774. The molecule has 0 bridgehead atoms. The number of anilines is 2. The third kappa shape index (κ3) is 2.41. The Bertz CT molecular complexity index is 600. The van der Waals surface area contributed by atoms with E-state index < -0.39 is 10.4 Å². The number of hydrogen-bond donors (Lipinski definition) is 2. The van der Waals surface area contributed by atoms with Crippen LogP contribution in [0.1, 0.15) is 12.5 Å². The van der Waals surface area contributed by atoms with E-state index >= 15 is 0 Å². The van der Waals surface area contributed by atoms with E-state index in [1.54, 1.807) is 6.92 Å². The second kappa shape index (κ2) is 4.78. The monoisotopic (exact) mass is 288 g/mol. The third-order valence-corrected chi connectivity index (χ3v) is 3.74. The molecule has 0 radical (unpaired) electrons. The van der Waals surface area contributed by atoms with Crippen molar-refractivity contribution in [2.45, 2.75) is 13.8 Å². The van der Waals surface area contributed by atoms with Gasteiger partial charge in [0.25, 0.3) is 0 Å². The van der Waals surface area contributed by atoms with E-state index in [4.69, 9.17) is 19.2 Å². The molecule has 7 nitrogen and oxygen atoms in total. The molecule has 2 rings (SSSR count). The Morgan fingerprint density at radius 1 is 1.42 bits per heavy atom. The molecule has 0 fully saturated rings. The van der Waals surface area contributed by atoms with Crippen LogP contribution in [0.4, 0.5) is 11.4 Å². The normalized spacial score (nSPS) is 15.5. The van der Waals surface area contributed by atoms with Gasteiger partial charge in [-0.05, 0) is 13.8 Å². The average molecular weight is 288 g/mol. The molecule has 0 spiro atoms. The SMILES string of the molecule is CCN(CCO)c1cc2c(c(C)c1N)OS(=O)(=O)O2. The molecule has 0 unspecified atom stereocenters. The van der Waals surface area contributed by atoms with E-state index in [0.29, 0.717) is 30.0 Å². The lowest BCUT2D eigenvalue weighted by atomic mass is 10.1. The van der Waals surface area contributed by atoms with Crippen LogP contribution in [-0.4, -0.2) is 33.2 Å². The summed E-state index contributed by atoms with van der Waals surface area (Å²) < 4.78 is 32.1. The number of likely N-dealkylation sites (N-methyl/N-ethyl adjacent to an activating group) is 1. The van der Waals surface area contributed by atoms with Crippen molar-refractivity contribution in [1.29, 1.82) is 0 Å². The molecular weight excluding hydrogens is 272 g/mol. The third-order valence-electron chi connectivity index (χ3n) is 2.98. The molecule has 1 heterocycles. The summed E-state index contributed by atoms with van der Waals surface area (Å²) in [5, 5.41) is 9.03. The number of fused-ring (bicyclic) bond motifs is 1. The van der Waals surface area contributed by atoms with Crippen molar-refractivity contribution in [3.05, 3.63) is 11.6 Å². The molecule has 1 aliphatic rings. The van der Waals surface area contributed by atoms with E-state index in [9.17, 15) is 8.42 Å². The molecular formula is C11H16N2O5S. The molecule has 1 aromatic rings. The lowest BCUT2D eigenvalue weighted by Gasteiger charge is -2.24. The Morgan fingerprint density at radius 2 is 2.11 bits per heavy atom. The fraction of sp³-hybridized carbons (Fsp3) is 0.455. The largest absolute Gasteiger partial charge is 0.501 e. The zero-order valence-corrected chi connectivity index (χ0v) is 11.5. The first-order chi connectivity index (χ1) is 8.89. The first kappa shape index (κ1) is 13.8. The van der Waals surface area contributed by atoms with Crippen molar-refractivity contribution in [2.75, 3.05) is 30.3 Å². The molecule has 0 amide bonds. The highest BCUT2D eigenvalue weighted by molar-refractivity contribution is 7.82. The fourth-order valence-electron chi connectivity index (χ4n) is 1.99. The number of nitrogen functional groups attached to an aromatic ring is 1. The highest BCUT2D eigenvalue weighted by Gasteiger charge is 2.32. The molecule has 0 atom stereocenters. The van der Waals surface area contributed by atoms with Gasteiger partial charge >= 0.3 is 10.4 Å². The molecule has 19 heavy (non-hydrogen) atoms. The number of benzene rings is 1. The Labute approximate surface area is 111 Å². The molecule has 1 aliphatic heterocycles. The van der Waals surface area contributed by atoms with Crippen LogP contribution in [0.3, 0.4) is 0 Å². The highest BCUT2D eigenvalue weighted by Crippen LogP contribution is 2.45. The summed E-state index contributed by atoms with van der Waals surface area (Å²) >= 11 is 0. The van der Waals surface area contributed by atoms with Crippen LogP contribution in [0.2, 0.25) is 0 Å². The van der Waals surface area contributed by atoms with Crippen LogP contribution in [0, 0.1) is 6.92 Å². The second-order valence-corrected chi connectivity index (χ2v) is 5.29. The Morgan fingerprint density at radius 3 is 2.68 bits per heavy atom. The van der Waals surface area contributed by atoms with Crippen LogP contribution < -0.4 is 19.0 Å². The summed E-state index contributed by atoms with van der Waals surface area (Å²) in [7, 11) is -4.03. The average Bonchev–Trinajstić information content (AvgIpc) is 2.66. The van der Waals surface area contributed by atoms with Gasteiger partial charge in [-0.15, -0.1) is 8.42 Å². The van der Waals surface area contributed by atoms with Crippen molar-refractivity contribution in [2.24, 2.45) is 0 Å². The smallest absolute Gasteiger partial charge is 0.397 e. The predicted octanol–water partition coefficient (Wildman–Crippen LogP) is 0.412. The van der Waals surface area contributed by atoms with Crippen LogP contribution in [0.5, 0.6) is 11.5 Å². The predicted molar refractivity (Wildman–Crippen MR) is 70.7 cm³/mol. The van der Waals surface area contributed by atoms with Crippen molar-refractivity contribution in [1.82, 2.24) is 0 Å². The van der Waals surface area contributed by atoms with E-state index in [1.807, 2.05) is 11.8 Å². The molecule has 1 aromatic carbocycles. The van der Waals surface area contributed by atoms with Crippen LogP contribution in [0.25, 0.3) is 0 Å². The van der Waals surface area contributed by atoms with Gasteiger partial charge in [0.15, 0.2) is 11.5 Å². The van der Waals surface area contributed by atoms with E-state index in [2.05, 4.69) is 0 Å². The standard InChI is InChI=1S/C11H16N2O5S/c1-3-13(4-5-14)8-6-9-11(7(2)10(8)12)18-19(15,16)17-9/h6,14H,3-5,12H2,1-2H3. The summed E-state index contributed by atoms with van der Waals surface area (Å²) in [6, 6.07) is 1.52. The van der Waals surface area contributed by atoms with Crippen LogP contribution in [0.15, 0.2) is 6.07 Å². The minimum Gasteiger partial charge on any atom is -0.397 e. The minimum absolute atomic E-state index is 0.0287. The molecule has 0 aromatic heterocycles. The number of rotatable bonds is 4. The molecule has 0 saturated heterocycles. The van der Waals surface area contributed by atoms with E-state index in [1.165, 1.54) is 6.07 Å². The first-order valence-electron chi connectivity index (χ1n) is 5.82. The zero-order chi connectivity index (χ0) is 14.2. The molecule has 0 saturated carbocycles. The van der Waals surface area contributed by atoms with Crippen LogP contribution in [-0.2, 0) is 10.4 Å². The van der Waals surface area contributed by atoms with Gasteiger partial charge in [0.05, 0.1) is 18.0 Å². The summed E-state index contributed by atoms with van der Waals surface area (Å²) in [6.45, 7) is 4.56. The minimum atomic E-state index is -4.03. The summed E-state index contributed by atoms with van der Waals surface area (Å²) in [5.41, 5.74) is 7.53. The number of aliphatic hydroxyl groups is 1. The highest BCUT2D eigenvalue weighted by atomic mass is 32.3. The number of hydrogen-bond acceptors (Lipinski definition) is 7. The maximum atomic E-state index is 11.3. The Kier molecular flexibility index (Phi) is 3.46. The van der Waals surface area contributed by atoms with Gasteiger partial charge < -0.3 is 24.1 Å². The van der Waals surface area contributed by atoms with Crippen molar-refractivity contribution in [3.8, 4) is 11.5 Å². The van der Waals surface area contributed by atoms with Gasteiger partial charge in [-0.1, -0.05) is 0 Å². The molecule has 8 heteroatoms. The molecule has 3 N–H and O–H groups in total. The number of aliphatic hydroxyl groups excluding tert-OH is 1. The van der Waals surface area contributed by atoms with Crippen molar-refractivity contribution in [3.63, 3.8) is 0 Å². The van der Waals surface area contributed by atoms with Gasteiger partial charge in [-0.3, -0.25) is 0 Å². The summed E-state index contributed by atoms with van der Waals surface area (Å²) in [6.07, 6.45) is 0. The lowest BCUT2D eigenvalue weighted by molar-refractivity contribution is 0.302. The van der Waals surface area contributed by atoms with Crippen molar-refractivity contribution >= 4 is 21.8 Å². The number of nitrogens with two attached hydrogens (primary N) is 1. The summed E-state index contributed by atoms with van der Waals surface area (Å²) in [4.78, 5) is 1.83. The zero-order valence-electron chi connectivity index (χ0n) is 10.7. The summed E-state index contributed by atoms with van der Waals surface area (Å²) in [5.74, 6) is 0.249. The van der Waals surface area contributed by atoms with Crippen molar-refractivity contribution < 1.29 is 21.9 Å². The maximum Gasteiger partial charge on any atom is 0.501 e. The Balaban J connectivity index is 2.52. The topological polar surface area (TPSA) is 102 Å². The second-order valence-electron chi connectivity index (χ2n) is 4.14. The molecule has 106 valence electrons. The number of nitrogens with zero attached hydrogens (tertiary/aromatic N) is 1. The fourth-order valence-corrected chi connectivity index (χ4v) is 2.78. The van der Waals surface area contributed by atoms with Gasteiger partial charge in [0.1, 0.15) is 0 Å². The maximum absolute atomic E-state index is 11.3. The lowest BCUT2D eigenvalue weighted by Crippen LogP contribution is -2.27. The van der Waals surface area contributed by atoms with Gasteiger partial charge in [0, 0.05) is 24.7 Å². The van der Waals surface area contributed by atoms with Gasteiger partial charge in [0.2, 0.25) is 0 Å². The van der Waals surface area contributed by atoms with Crippen LogP contribution >= 0.6 is 0 Å². The van der Waals surface area contributed by atoms with E-state index in [-0.39, 0.29) is 18.1 Å². The van der Waals surface area contributed by atoms with Gasteiger partial charge in [-0.25, -0.2) is 0 Å². The first-order valence-corrected chi connectivity index (χ1v) is 7.15. The molecule has 0 aliphatic carbocycles. The van der Waals surface area contributed by atoms with E-state index in [0.717, 1.165) is 0 Å². The Hall–Kier alpha value is -1.67.